The molecule has 0 aliphatic heterocycles. The monoisotopic (exact) mass is 405 g/mol. The van der Waals surface area contributed by atoms with Gasteiger partial charge in [-0.05, 0) is 51.8 Å². The van der Waals surface area contributed by atoms with Crippen molar-refractivity contribution in [1.29, 1.82) is 0 Å². The van der Waals surface area contributed by atoms with Gasteiger partial charge in [-0.2, -0.15) is 0 Å². The van der Waals surface area contributed by atoms with Crippen molar-refractivity contribution in [2.75, 3.05) is 40.8 Å². The van der Waals surface area contributed by atoms with Gasteiger partial charge in [0.25, 0.3) is 5.91 Å². The number of amides is 1. The molecule has 0 radical (unpaired) electrons. The average Bonchev–Trinajstić information content (AvgIpc) is 2.67. The van der Waals surface area contributed by atoms with Crippen LogP contribution in [0.2, 0.25) is 0 Å². The Balaban J connectivity index is 2.42. The van der Waals surface area contributed by atoms with Gasteiger partial charge in [0.1, 0.15) is 5.75 Å². The highest BCUT2D eigenvalue weighted by atomic mass is 16.5. The number of likely N-dealkylation sites (N-methyl/N-ethyl adjacent to an activating group) is 1. The Morgan fingerprint density at radius 1 is 1.14 bits per heavy atom. The lowest BCUT2D eigenvalue weighted by Crippen LogP contribution is -2.41. The third-order valence-electron chi connectivity index (χ3n) is 4.66. The minimum atomic E-state index is -0.0633. The molecule has 1 aromatic rings. The van der Waals surface area contributed by atoms with Gasteiger partial charge in [0.2, 0.25) is 0 Å². The summed E-state index contributed by atoms with van der Waals surface area (Å²) in [6.45, 7) is 11.5. The number of carbonyl (C=O) groups excluding carboxylic acids is 1. The van der Waals surface area contributed by atoms with Crippen molar-refractivity contribution in [3.63, 3.8) is 0 Å². The van der Waals surface area contributed by atoms with Crippen molar-refractivity contribution in [2.24, 2.45) is 4.99 Å². The molecule has 29 heavy (non-hydrogen) atoms. The molecule has 0 heterocycles. The molecule has 0 aliphatic rings. The maximum atomic E-state index is 11.7. The Morgan fingerprint density at radius 3 is 2.41 bits per heavy atom. The molecular formula is C22H39N5O2. The number of hydrogen-bond donors (Lipinski definition) is 2. The van der Waals surface area contributed by atoms with Gasteiger partial charge in [-0.15, -0.1) is 0 Å². The summed E-state index contributed by atoms with van der Waals surface area (Å²) in [6, 6.07) is 8.84. The molecule has 7 heteroatoms. The number of benzene rings is 1. The zero-order valence-corrected chi connectivity index (χ0v) is 19.2. The number of hydrogen-bond acceptors (Lipinski definition) is 4. The van der Waals surface area contributed by atoms with E-state index in [1.165, 1.54) is 4.90 Å². The van der Waals surface area contributed by atoms with Crippen molar-refractivity contribution < 1.29 is 9.53 Å². The van der Waals surface area contributed by atoms with Gasteiger partial charge in [0.05, 0.1) is 0 Å². The highest BCUT2D eigenvalue weighted by Crippen LogP contribution is 2.13. The van der Waals surface area contributed by atoms with E-state index in [2.05, 4.69) is 48.2 Å². The van der Waals surface area contributed by atoms with E-state index in [1.54, 1.807) is 21.1 Å². The molecule has 7 nitrogen and oxygen atoms in total. The smallest absolute Gasteiger partial charge is 0.259 e. The second-order valence-electron chi connectivity index (χ2n) is 7.86. The summed E-state index contributed by atoms with van der Waals surface area (Å²) in [5.41, 5.74) is 1.06. The average molecular weight is 406 g/mol. The zero-order chi connectivity index (χ0) is 21.8. The maximum Gasteiger partial charge on any atom is 0.259 e. The van der Waals surface area contributed by atoms with Crippen molar-refractivity contribution in [1.82, 2.24) is 20.4 Å². The molecule has 0 spiro atoms. The lowest BCUT2D eigenvalue weighted by atomic mass is 10.2. The number of guanidine groups is 1. The summed E-state index contributed by atoms with van der Waals surface area (Å²) < 4.78 is 5.57. The second-order valence-corrected chi connectivity index (χ2v) is 7.86. The fraction of sp³-hybridized carbons (Fsp3) is 0.636. The largest absolute Gasteiger partial charge is 0.484 e. The first-order chi connectivity index (χ1) is 13.7. The van der Waals surface area contributed by atoms with Gasteiger partial charge >= 0.3 is 0 Å². The predicted octanol–water partition coefficient (Wildman–Crippen LogP) is 2.33. The third-order valence-corrected chi connectivity index (χ3v) is 4.66. The fourth-order valence-electron chi connectivity index (χ4n) is 3.01. The number of rotatable bonds is 11. The molecule has 0 atom stereocenters. The van der Waals surface area contributed by atoms with Gasteiger partial charge < -0.3 is 20.3 Å². The molecular weight excluding hydrogens is 366 g/mol. The number of nitrogens with one attached hydrogen (secondary N) is 2. The van der Waals surface area contributed by atoms with Crippen LogP contribution in [-0.2, 0) is 11.3 Å². The number of nitrogens with zero attached hydrogens (tertiary/aromatic N) is 3. The normalized spacial score (nSPS) is 11.9. The summed E-state index contributed by atoms with van der Waals surface area (Å²) in [7, 11) is 5.21. The predicted molar refractivity (Wildman–Crippen MR) is 120 cm³/mol. The minimum absolute atomic E-state index is 0.0386. The van der Waals surface area contributed by atoms with Gasteiger partial charge in [-0.3, -0.25) is 14.7 Å². The molecule has 0 saturated carbocycles. The van der Waals surface area contributed by atoms with E-state index in [0.29, 0.717) is 24.4 Å². The quantitative estimate of drug-likeness (QED) is 0.336. The molecule has 1 aromatic carbocycles. The van der Waals surface area contributed by atoms with Crippen molar-refractivity contribution >= 4 is 11.9 Å². The van der Waals surface area contributed by atoms with Gasteiger partial charge in [0, 0.05) is 52.9 Å². The van der Waals surface area contributed by atoms with E-state index >= 15 is 0 Å². The first kappa shape index (κ1) is 24.8. The first-order valence-corrected chi connectivity index (χ1v) is 10.4. The molecule has 0 unspecified atom stereocenters. The van der Waals surface area contributed by atoms with Crippen LogP contribution in [0.15, 0.2) is 29.3 Å². The Kier molecular flexibility index (Phi) is 11.1. The highest BCUT2D eigenvalue weighted by Gasteiger charge is 2.12. The minimum Gasteiger partial charge on any atom is -0.484 e. The van der Waals surface area contributed by atoms with Gasteiger partial charge in [-0.25, -0.2) is 0 Å². The number of aliphatic imine (C=N–C) groups is 1. The van der Waals surface area contributed by atoms with Crippen LogP contribution in [-0.4, -0.2) is 74.6 Å². The summed E-state index contributed by atoms with van der Waals surface area (Å²) in [5, 5.41) is 6.70. The van der Waals surface area contributed by atoms with Gasteiger partial charge in [0.15, 0.2) is 12.6 Å². The molecule has 0 bridgehead atoms. The Hall–Kier alpha value is -2.28. The van der Waals surface area contributed by atoms with E-state index in [1.807, 2.05) is 24.3 Å². The Morgan fingerprint density at radius 2 is 1.83 bits per heavy atom. The topological polar surface area (TPSA) is 69.2 Å². The van der Waals surface area contributed by atoms with E-state index in [-0.39, 0.29) is 12.5 Å². The summed E-state index contributed by atoms with van der Waals surface area (Å²) in [4.78, 5) is 20.0. The molecule has 1 amide bonds. The summed E-state index contributed by atoms with van der Waals surface area (Å²) in [5.74, 6) is 1.40. The molecule has 2 N–H and O–H groups in total. The SMILES string of the molecule is CN=C(NCCCN(C(C)C)C(C)C)NCc1cccc(OCC(=O)N(C)C)c1. The van der Waals surface area contributed by atoms with E-state index in [9.17, 15) is 4.79 Å². The van der Waals surface area contributed by atoms with Crippen molar-refractivity contribution in [3.05, 3.63) is 29.8 Å². The highest BCUT2D eigenvalue weighted by molar-refractivity contribution is 5.79. The van der Waals surface area contributed by atoms with Crippen LogP contribution >= 0.6 is 0 Å². The standard InChI is InChI=1S/C22H39N5O2/c1-17(2)27(18(3)4)13-9-12-24-22(23-5)25-15-19-10-8-11-20(14-19)29-16-21(28)26(6)7/h8,10-11,14,17-18H,9,12-13,15-16H2,1-7H3,(H2,23,24,25). The molecule has 164 valence electrons. The Bertz CT molecular complexity index is 636. The molecule has 0 fully saturated rings. The lowest BCUT2D eigenvalue weighted by Gasteiger charge is -2.30. The number of ether oxygens (including phenoxy) is 1. The third kappa shape index (κ3) is 9.65. The van der Waals surface area contributed by atoms with Crippen LogP contribution in [0.1, 0.15) is 39.7 Å². The Labute approximate surface area is 176 Å². The number of carbonyl (C=O) groups is 1. The van der Waals surface area contributed by atoms with Crippen LogP contribution in [0.3, 0.4) is 0 Å². The molecule has 0 aliphatic carbocycles. The lowest BCUT2D eigenvalue weighted by molar-refractivity contribution is -0.130. The van der Waals surface area contributed by atoms with Crippen LogP contribution in [0.4, 0.5) is 0 Å². The summed E-state index contributed by atoms with van der Waals surface area (Å²) >= 11 is 0. The van der Waals surface area contributed by atoms with Gasteiger partial charge in [-0.1, -0.05) is 12.1 Å². The molecule has 0 saturated heterocycles. The zero-order valence-electron chi connectivity index (χ0n) is 19.2. The molecule has 0 aromatic heterocycles. The molecule has 1 rings (SSSR count). The van der Waals surface area contributed by atoms with Crippen LogP contribution in [0.25, 0.3) is 0 Å². The van der Waals surface area contributed by atoms with Crippen molar-refractivity contribution in [3.8, 4) is 5.75 Å². The maximum absolute atomic E-state index is 11.7. The van der Waals surface area contributed by atoms with E-state index in [4.69, 9.17) is 4.74 Å². The van der Waals surface area contributed by atoms with Crippen LogP contribution < -0.4 is 15.4 Å². The van der Waals surface area contributed by atoms with E-state index < -0.39 is 0 Å². The van der Waals surface area contributed by atoms with Crippen molar-refractivity contribution in [2.45, 2.75) is 52.7 Å². The second kappa shape index (κ2) is 13.0. The van der Waals surface area contributed by atoms with Crippen LogP contribution in [0.5, 0.6) is 5.75 Å². The van der Waals surface area contributed by atoms with E-state index in [0.717, 1.165) is 31.0 Å². The summed E-state index contributed by atoms with van der Waals surface area (Å²) in [6.07, 6.45) is 1.06. The first-order valence-electron chi connectivity index (χ1n) is 10.4. The van der Waals surface area contributed by atoms with Crippen LogP contribution in [0, 0.1) is 0 Å². The fourth-order valence-corrected chi connectivity index (χ4v) is 3.01.